The van der Waals surface area contributed by atoms with Crippen molar-refractivity contribution in [3.05, 3.63) is 50.5 Å². The molecule has 2 aromatic rings. The maximum atomic E-state index is 12.4. The first kappa shape index (κ1) is 18.4. The van der Waals surface area contributed by atoms with E-state index in [1.807, 2.05) is 0 Å². The molecule has 2 rings (SSSR count). The van der Waals surface area contributed by atoms with E-state index >= 15 is 0 Å². The average Bonchev–Trinajstić information content (AvgIpc) is 2.59. The summed E-state index contributed by atoms with van der Waals surface area (Å²) in [5.74, 6) is -1.15. The van der Waals surface area contributed by atoms with Crippen molar-refractivity contribution in [2.45, 2.75) is 26.9 Å². The minimum atomic E-state index is -0.645. The van der Waals surface area contributed by atoms with E-state index in [1.54, 1.807) is 26.0 Å². The molecular formula is C16H18N4O4S. The van der Waals surface area contributed by atoms with Crippen LogP contribution in [-0.2, 0) is 13.1 Å². The number of nitrogens with zero attached hydrogens (tertiary/aromatic N) is 3. The summed E-state index contributed by atoms with van der Waals surface area (Å²) < 4.78 is 2.93. The maximum Gasteiger partial charge on any atom is 0.275 e. The molecule has 0 radical (unpaired) electrons. The highest BCUT2D eigenvalue weighted by molar-refractivity contribution is 7.71. The van der Waals surface area contributed by atoms with Gasteiger partial charge in [-0.15, -0.1) is 0 Å². The fraction of sp³-hybridized carbons (Fsp3) is 0.250. The second-order valence-electron chi connectivity index (χ2n) is 5.03. The summed E-state index contributed by atoms with van der Waals surface area (Å²) in [5.41, 5.74) is 1.66. The Balaban J connectivity index is 2.36. The molecule has 0 saturated heterocycles. The van der Waals surface area contributed by atoms with Crippen molar-refractivity contribution in [3.63, 3.8) is 0 Å². The number of rotatable bonds is 5. The van der Waals surface area contributed by atoms with Gasteiger partial charge < -0.3 is 10.2 Å². The summed E-state index contributed by atoms with van der Waals surface area (Å²) in [4.78, 5) is 24.4. The van der Waals surface area contributed by atoms with Gasteiger partial charge in [-0.2, -0.15) is 5.10 Å². The van der Waals surface area contributed by atoms with Crippen LogP contribution in [0.15, 0.2) is 34.2 Å². The third-order valence-corrected chi connectivity index (χ3v) is 4.02. The number of carbonyl (C=O) groups excluding carboxylic acids is 1. The van der Waals surface area contributed by atoms with Gasteiger partial charge in [0.2, 0.25) is 5.88 Å². The number of nitrogens with one attached hydrogen (secondary N) is 1. The van der Waals surface area contributed by atoms with Gasteiger partial charge in [-0.25, -0.2) is 5.43 Å². The number of phenols is 1. The molecule has 0 atom stereocenters. The second-order valence-corrected chi connectivity index (χ2v) is 5.39. The lowest BCUT2D eigenvalue weighted by atomic mass is 10.2. The summed E-state index contributed by atoms with van der Waals surface area (Å²) >= 11 is 5.18. The minimum absolute atomic E-state index is 0.0411. The predicted octanol–water partition coefficient (Wildman–Crippen LogP) is 1.59. The van der Waals surface area contributed by atoms with Crippen LogP contribution in [0.3, 0.4) is 0 Å². The summed E-state index contributed by atoms with van der Waals surface area (Å²) in [7, 11) is 0. The first-order valence-corrected chi connectivity index (χ1v) is 8.01. The standard InChI is InChI=1S/C16H18N4O4S/c1-3-19-14(23)11(15(24)20(4-2)16(19)25)9-17-18-13(22)10-7-5-6-8-12(10)21/h5-9,21,23H,3-4H2,1-2H3,(H,18,22)/b17-9+. The smallest absolute Gasteiger partial charge is 0.275 e. The Hall–Kier alpha value is -2.94. The highest BCUT2D eigenvalue weighted by atomic mass is 32.1. The van der Waals surface area contributed by atoms with Crippen molar-refractivity contribution >= 4 is 24.3 Å². The van der Waals surface area contributed by atoms with Gasteiger partial charge in [0.05, 0.1) is 11.8 Å². The zero-order chi connectivity index (χ0) is 18.6. The first-order valence-electron chi connectivity index (χ1n) is 7.60. The van der Waals surface area contributed by atoms with Gasteiger partial charge in [-0.05, 0) is 38.2 Å². The molecule has 0 fully saturated rings. The molecule has 0 saturated carbocycles. The normalized spacial score (nSPS) is 11.0. The molecule has 9 heteroatoms. The topological polar surface area (TPSA) is 109 Å². The lowest BCUT2D eigenvalue weighted by molar-refractivity contribution is 0.0952. The number of amides is 1. The molecule has 8 nitrogen and oxygen atoms in total. The van der Waals surface area contributed by atoms with E-state index in [9.17, 15) is 19.8 Å². The van der Waals surface area contributed by atoms with Crippen LogP contribution in [0.1, 0.15) is 29.8 Å². The van der Waals surface area contributed by atoms with Crippen molar-refractivity contribution in [3.8, 4) is 11.6 Å². The van der Waals surface area contributed by atoms with Crippen molar-refractivity contribution in [2.75, 3.05) is 0 Å². The van der Waals surface area contributed by atoms with Crippen LogP contribution in [0.4, 0.5) is 0 Å². The molecule has 0 spiro atoms. The van der Waals surface area contributed by atoms with Crippen LogP contribution in [-0.4, -0.2) is 31.5 Å². The Labute approximate surface area is 148 Å². The van der Waals surface area contributed by atoms with Gasteiger partial charge in [0.25, 0.3) is 11.5 Å². The quantitative estimate of drug-likeness (QED) is 0.425. The van der Waals surface area contributed by atoms with E-state index in [1.165, 1.54) is 21.3 Å². The number of hydrogen-bond acceptors (Lipinski definition) is 6. The third kappa shape index (κ3) is 3.61. The van der Waals surface area contributed by atoms with Gasteiger partial charge in [-0.1, -0.05) is 12.1 Å². The number of aromatic nitrogens is 2. The Kier molecular flexibility index (Phi) is 5.71. The SMILES string of the molecule is CCn1c(O)c(/C=N/NC(=O)c2ccccc2O)c(=O)n(CC)c1=S. The zero-order valence-corrected chi connectivity index (χ0v) is 14.6. The van der Waals surface area contributed by atoms with E-state index < -0.39 is 11.5 Å². The number of phenolic OH excluding ortho intramolecular Hbond substituents is 1. The molecule has 1 aromatic heterocycles. The Morgan fingerprint density at radius 1 is 1.24 bits per heavy atom. The average molecular weight is 362 g/mol. The molecule has 132 valence electrons. The molecule has 3 N–H and O–H groups in total. The number of hydrazone groups is 1. The van der Waals surface area contributed by atoms with Crippen LogP contribution in [0.25, 0.3) is 0 Å². The molecule has 0 aliphatic carbocycles. The van der Waals surface area contributed by atoms with E-state index in [4.69, 9.17) is 12.2 Å². The molecule has 1 aromatic carbocycles. The molecule has 0 bridgehead atoms. The van der Waals surface area contributed by atoms with Gasteiger partial charge in [0, 0.05) is 13.1 Å². The molecule has 0 unspecified atom stereocenters. The Morgan fingerprint density at radius 3 is 2.48 bits per heavy atom. The summed E-state index contributed by atoms with van der Waals surface area (Å²) in [6.07, 6.45) is 1.06. The summed E-state index contributed by atoms with van der Waals surface area (Å²) in [6.45, 7) is 4.25. The minimum Gasteiger partial charge on any atom is -0.507 e. The number of para-hydroxylation sites is 1. The van der Waals surface area contributed by atoms with Crippen molar-refractivity contribution < 1.29 is 15.0 Å². The molecule has 25 heavy (non-hydrogen) atoms. The number of benzene rings is 1. The Morgan fingerprint density at radius 2 is 1.88 bits per heavy atom. The Bertz CT molecular complexity index is 946. The molecule has 1 heterocycles. The van der Waals surface area contributed by atoms with Crippen LogP contribution < -0.4 is 11.0 Å². The monoisotopic (exact) mass is 362 g/mol. The first-order chi connectivity index (χ1) is 11.9. The van der Waals surface area contributed by atoms with Gasteiger partial charge in [0.1, 0.15) is 11.3 Å². The largest absolute Gasteiger partial charge is 0.507 e. The van der Waals surface area contributed by atoms with E-state index in [-0.39, 0.29) is 27.5 Å². The van der Waals surface area contributed by atoms with Crippen LogP contribution >= 0.6 is 12.2 Å². The number of aromatic hydroxyl groups is 2. The van der Waals surface area contributed by atoms with Crippen molar-refractivity contribution in [2.24, 2.45) is 5.10 Å². The fourth-order valence-corrected chi connectivity index (χ4v) is 2.70. The summed E-state index contributed by atoms with van der Waals surface area (Å²) in [6, 6.07) is 5.98. The van der Waals surface area contributed by atoms with Crippen molar-refractivity contribution in [1.29, 1.82) is 0 Å². The van der Waals surface area contributed by atoms with E-state index in [0.717, 1.165) is 6.21 Å². The lowest BCUT2D eigenvalue weighted by Gasteiger charge is -2.13. The van der Waals surface area contributed by atoms with E-state index in [2.05, 4.69) is 10.5 Å². The molecule has 0 aliphatic heterocycles. The zero-order valence-electron chi connectivity index (χ0n) is 13.8. The van der Waals surface area contributed by atoms with E-state index in [0.29, 0.717) is 13.1 Å². The molecule has 1 amide bonds. The predicted molar refractivity (Wildman–Crippen MR) is 95.7 cm³/mol. The highest BCUT2D eigenvalue weighted by Gasteiger charge is 2.14. The van der Waals surface area contributed by atoms with Gasteiger partial charge in [-0.3, -0.25) is 18.7 Å². The van der Waals surface area contributed by atoms with Crippen LogP contribution in [0.2, 0.25) is 0 Å². The van der Waals surface area contributed by atoms with Crippen LogP contribution in [0, 0.1) is 4.77 Å². The lowest BCUT2D eigenvalue weighted by Crippen LogP contribution is -2.28. The molecular weight excluding hydrogens is 344 g/mol. The van der Waals surface area contributed by atoms with Gasteiger partial charge >= 0.3 is 0 Å². The molecule has 0 aliphatic rings. The second kappa shape index (κ2) is 7.75. The van der Waals surface area contributed by atoms with Crippen LogP contribution in [0.5, 0.6) is 11.6 Å². The maximum absolute atomic E-state index is 12.4. The van der Waals surface area contributed by atoms with Crippen molar-refractivity contribution in [1.82, 2.24) is 14.6 Å². The third-order valence-electron chi connectivity index (χ3n) is 3.57. The summed E-state index contributed by atoms with van der Waals surface area (Å²) in [5, 5.41) is 23.6. The number of carbonyl (C=O) groups is 1. The number of hydrogen-bond donors (Lipinski definition) is 3. The fourth-order valence-electron chi connectivity index (χ4n) is 2.27. The highest BCUT2D eigenvalue weighted by Crippen LogP contribution is 2.15. The van der Waals surface area contributed by atoms with Gasteiger partial charge in [0.15, 0.2) is 4.77 Å².